The van der Waals surface area contributed by atoms with Gasteiger partial charge in [0.2, 0.25) is 0 Å². The SMILES string of the molecule is Nc1cccc(C(C=Cc2ccccc2)S(=O)(=O)C(C=Cc2ccccc2)c2cccc(N)c2)c1. The zero-order valence-corrected chi connectivity index (χ0v) is 20.1. The zero-order valence-electron chi connectivity index (χ0n) is 19.2. The van der Waals surface area contributed by atoms with Crippen LogP contribution in [0.1, 0.15) is 32.8 Å². The summed E-state index contributed by atoms with van der Waals surface area (Å²) in [5.41, 5.74) is 16.1. The third-order valence-electron chi connectivity index (χ3n) is 5.71. The summed E-state index contributed by atoms with van der Waals surface area (Å²) >= 11 is 0. The van der Waals surface area contributed by atoms with Gasteiger partial charge < -0.3 is 11.5 Å². The van der Waals surface area contributed by atoms with Gasteiger partial charge in [0, 0.05) is 11.4 Å². The number of hydrogen-bond donors (Lipinski definition) is 2. The van der Waals surface area contributed by atoms with Crippen molar-refractivity contribution in [2.24, 2.45) is 0 Å². The first-order chi connectivity index (χ1) is 16.9. The van der Waals surface area contributed by atoms with Gasteiger partial charge in [-0.05, 0) is 46.5 Å². The van der Waals surface area contributed by atoms with E-state index in [4.69, 9.17) is 11.5 Å². The molecule has 35 heavy (non-hydrogen) atoms. The Kier molecular flexibility index (Phi) is 7.48. The van der Waals surface area contributed by atoms with E-state index in [0.29, 0.717) is 22.5 Å². The van der Waals surface area contributed by atoms with Gasteiger partial charge in [0.25, 0.3) is 0 Å². The monoisotopic (exact) mass is 480 g/mol. The lowest BCUT2D eigenvalue weighted by molar-refractivity contribution is 0.584. The summed E-state index contributed by atoms with van der Waals surface area (Å²) in [7, 11) is -3.83. The fraction of sp³-hybridized carbons (Fsp3) is 0.0667. The average Bonchev–Trinajstić information content (AvgIpc) is 2.85. The van der Waals surface area contributed by atoms with E-state index >= 15 is 0 Å². The predicted octanol–water partition coefficient (Wildman–Crippen LogP) is 6.48. The van der Waals surface area contributed by atoms with Gasteiger partial charge in [0.05, 0.1) is 0 Å². The average molecular weight is 481 g/mol. The molecule has 0 spiro atoms. The van der Waals surface area contributed by atoms with Crippen molar-refractivity contribution in [2.45, 2.75) is 10.5 Å². The van der Waals surface area contributed by atoms with Crippen LogP contribution in [0.4, 0.5) is 11.4 Å². The van der Waals surface area contributed by atoms with Gasteiger partial charge >= 0.3 is 0 Å². The molecule has 4 nitrogen and oxygen atoms in total. The summed E-state index contributed by atoms with van der Waals surface area (Å²) in [5.74, 6) is 0. The van der Waals surface area contributed by atoms with Crippen molar-refractivity contribution in [1.29, 1.82) is 0 Å². The van der Waals surface area contributed by atoms with E-state index in [9.17, 15) is 8.42 Å². The third kappa shape index (κ3) is 6.08. The fourth-order valence-electron chi connectivity index (χ4n) is 3.98. The molecule has 0 aliphatic rings. The number of sulfone groups is 1. The highest BCUT2D eigenvalue weighted by Gasteiger charge is 2.33. The molecule has 5 heteroatoms. The topological polar surface area (TPSA) is 86.2 Å². The Morgan fingerprint density at radius 1 is 0.543 bits per heavy atom. The molecule has 4 rings (SSSR count). The second-order valence-electron chi connectivity index (χ2n) is 8.31. The molecule has 0 radical (unpaired) electrons. The molecule has 0 amide bonds. The normalized spacial score (nSPS) is 13.7. The fourth-order valence-corrected chi connectivity index (χ4v) is 5.94. The number of anilines is 2. The maximum absolute atomic E-state index is 14.3. The Morgan fingerprint density at radius 3 is 1.31 bits per heavy atom. The molecular weight excluding hydrogens is 452 g/mol. The highest BCUT2D eigenvalue weighted by molar-refractivity contribution is 7.92. The molecule has 0 fully saturated rings. The molecule has 4 aromatic rings. The van der Waals surface area contributed by atoms with Crippen molar-refractivity contribution in [3.05, 3.63) is 144 Å². The number of nitrogen functional groups attached to an aromatic ring is 2. The van der Waals surface area contributed by atoms with Crippen LogP contribution in [0.2, 0.25) is 0 Å². The van der Waals surface area contributed by atoms with Crippen molar-refractivity contribution < 1.29 is 8.42 Å². The van der Waals surface area contributed by atoms with E-state index in [1.54, 1.807) is 60.7 Å². The minimum absolute atomic E-state index is 0.510. The minimum Gasteiger partial charge on any atom is -0.399 e. The van der Waals surface area contributed by atoms with E-state index in [1.165, 1.54) is 0 Å². The largest absolute Gasteiger partial charge is 0.399 e. The highest BCUT2D eigenvalue weighted by atomic mass is 32.2. The van der Waals surface area contributed by atoms with Gasteiger partial charge in [-0.3, -0.25) is 0 Å². The lowest BCUT2D eigenvalue weighted by atomic mass is 10.1. The lowest BCUT2D eigenvalue weighted by Crippen LogP contribution is -2.19. The summed E-state index contributed by atoms with van der Waals surface area (Å²) < 4.78 is 28.6. The van der Waals surface area contributed by atoms with Crippen molar-refractivity contribution >= 4 is 33.4 Å². The Balaban J connectivity index is 1.84. The number of nitrogens with two attached hydrogens (primary N) is 2. The molecule has 2 atom stereocenters. The molecule has 0 saturated carbocycles. The summed E-state index contributed by atoms with van der Waals surface area (Å²) in [6, 6.07) is 33.3. The quantitative estimate of drug-likeness (QED) is 0.283. The summed E-state index contributed by atoms with van der Waals surface area (Å²) in [4.78, 5) is 0. The highest BCUT2D eigenvalue weighted by Crippen LogP contribution is 2.38. The molecule has 0 aromatic heterocycles. The van der Waals surface area contributed by atoms with Crippen molar-refractivity contribution in [3.63, 3.8) is 0 Å². The standard InChI is InChI=1S/C30H28N2O2S/c31-27-15-7-13-25(21-27)29(19-17-23-9-3-1-4-10-23)35(33,34)30(26-14-8-16-28(32)22-26)20-18-24-11-5-2-6-12-24/h1-22,29-30H,31-32H2. The van der Waals surface area contributed by atoms with Crippen molar-refractivity contribution in [2.75, 3.05) is 11.5 Å². The van der Waals surface area contributed by atoms with Crippen LogP contribution in [-0.2, 0) is 9.84 Å². The van der Waals surface area contributed by atoms with Crippen LogP contribution in [0.25, 0.3) is 12.2 Å². The summed E-state index contributed by atoms with van der Waals surface area (Å²) in [6.45, 7) is 0. The molecule has 0 saturated heterocycles. The second-order valence-corrected chi connectivity index (χ2v) is 10.5. The van der Waals surface area contributed by atoms with Crippen LogP contribution in [0, 0.1) is 0 Å². The molecule has 4 aromatic carbocycles. The molecule has 2 unspecified atom stereocenters. The van der Waals surface area contributed by atoms with E-state index in [0.717, 1.165) is 11.1 Å². The molecule has 0 aliphatic heterocycles. The third-order valence-corrected chi connectivity index (χ3v) is 7.99. The molecule has 0 heterocycles. The first kappa shape index (κ1) is 24.0. The smallest absolute Gasteiger partial charge is 0.171 e. The Labute approximate surface area is 207 Å². The van der Waals surface area contributed by atoms with Crippen LogP contribution < -0.4 is 11.5 Å². The van der Waals surface area contributed by atoms with Crippen LogP contribution in [0.5, 0.6) is 0 Å². The van der Waals surface area contributed by atoms with E-state index in [1.807, 2.05) is 72.8 Å². The first-order valence-corrected chi connectivity index (χ1v) is 12.9. The first-order valence-electron chi connectivity index (χ1n) is 11.3. The van der Waals surface area contributed by atoms with Crippen molar-refractivity contribution in [1.82, 2.24) is 0 Å². The number of benzene rings is 4. The predicted molar refractivity (Wildman–Crippen MR) is 147 cm³/mol. The van der Waals surface area contributed by atoms with Gasteiger partial charge in [0.1, 0.15) is 10.5 Å². The summed E-state index contributed by atoms with van der Waals surface area (Å²) in [5, 5.41) is -1.84. The van der Waals surface area contributed by atoms with E-state index < -0.39 is 20.3 Å². The maximum atomic E-state index is 14.3. The minimum atomic E-state index is -3.83. The van der Waals surface area contributed by atoms with Crippen molar-refractivity contribution in [3.8, 4) is 0 Å². The zero-order chi connectivity index (χ0) is 24.7. The van der Waals surface area contributed by atoms with E-state index in [2.05, 4.69) is 0 Å². The van der Waals surface area contributed by atoms with Gasteiger partial charge in [-0.15, -0.1) is 0 Å². The van der Waals surface area contributed by atoms with Gasteiger partial charge in [-0.2, -0.15) is 0 Å². The molecule has 0 bridgehead atoms. The second kappa shape index (κ2) is 10.9. The van der Waals surface area contributed by atoms with Crippen LogP contribution in [-0.4, -0.2) is 8.42 Å². The lowest BCUT2D eigenvalue weighted by Gasteiger charge is -2.22. The van der Waals surface area contributed by atoms with Gasteiger partial charge in [0.15, 0.2) is 9.84 Å². The molecule has 0 aliphatic carbocycles. The van der Waals surface area contributed by atoms with Crippen LogP contribution in [0.15, 0.2) is 121 Å². The maximum Gasteiger partial charge on any atom is 0.171 e. The van der Waals surface area contributed by atoms with Crippen LogP contribution >= 0.6 is 0 Å². The number of rotatable bonds is 8. The molecular formula is C30H28N2O2S. The Hall–Kier alpha value is -4.09. The number of hydrogen-bond acceptors (Lipinski definition) is 4. The molecule has 4 N–H and O–H groups in total. The summed E-state index contributed by atoms with van der Waals surface area (Å²) in [6.07, 6.45) is 7.13. The van der Waals surface area contributed by atoms with Crippen LogP contribution in [0.3, 0.4) is 0 Å². The Bertz CT molecular complexity index is 1320. The Morgan fingerprint density at radius 2 is 0.943 bits per heavy atom. The van der Waals surface area contributed by atoms with Gasteiger partial charge in [-0.1, -0.05) is 109 Å². The van der Waals surface area contributed by atoms with Gasteiger partial charge in [-0.25, -0.2) is 8.42 Å². The van der Waals surface area contributed by atoms with E-state index in [-0.39, 0.29) is 0 Å². The molecule has 176 valence electrons.